The second-order valence-corrected chi connectivity index (χ2v) is 7.46. The van der Waals surface area contributed by atoms with Crippen molar-refractivity contribution in [3.8, 4) is 0 Å². The van der Waals surface area contributed by atoms with Crippen LogP contribution in [0.4, 0.5) is 5.82 Å². The number of anilines is 1. The number of amides is 1. The van der Waals surface area contributed by atoms with E-state index in [-0.39, 0.29) is 24.3 Å². The van der Waals surface area contributed by atoms with Gasteiger partial charge in [0.1, 0.15) is 0 Å². The molecule has 2 aromatic carbocycles. The van der Waals surface area contributed by atoms with Crippen molar-refractivity contribution in [3.63, 3.8) is 0 Å². The van der Waals surface area contributed by atoms with Crippen molar-refractivity contribution in [1.82, 2.24) is 15.1 Å². The first-order chi connectivity index (χ1) is 14.6. The Hall–Kier alpha value is -3.19. The molecule has 4 rings (SSSR count). The lowest BCUT2D eigenvalue weighted by Gasteiger charge is -2.41. The van der Waals surface area contributed by atoms with Gasteiger partial charge in [-0.15, -0.1) is 10.2 Å². The van der Waals surface area contributed by atoms with E-state index >= 15 is 0 Å². The number of fused-ring (bicyclic) bond motifs is 1. The summed E-state index contributed by atoms with van der Waals surface area (Å²) in [4.78, 5) is 28.9. The van der Waals surface area contributed by atoms with E-state index in [1.165, 1.54) is 7.11 Å². The highest BCUT2D eigenvalue weighted by Crippen LogP contribution is 2.30. The van der Waals surface area contributed by atoms with Gasteiger partial charge in [0.2, 0.25) is 0 Å². The van der Waals surface area contributed by atoms with Crippen LogP contribution in [0.5, 0.6) is 0 Å². The Balaban J connectivity index is 1.65. The molecule has 0 radical (unpaired) electrons. The fraction of sp³-hybridized carbons (Fsp3) is 0.273. The zero-order chi connectivity index (χ0) is 21.1. The molecule has 30 heavy (non-hydrogen) atoms. The zero-order valence-corrected chi connectivity index (χ0v) is 17.2. The molecular formula is C22H21ClN4O3. The predicted molar refractivity (Wildman–Crippen MR) is 115 cm³/mol. The molecule has 8 heteroatoms. The van der Waals surface area contributed by atoms with E-state index in [1.54, 1.807) is 17.0 Å². The number of nitrogens with zero attached hydrogens (tertiary/aromatic N) is 4. The topological polar surface area (TPSA) is 75.6 Å². The average molecular weight is 425 g/mol. The number of halogens is 1. The molecule has 1 unspecified atom stereocenters. The smallest absolute Gasteiger partial charge is 0.307 e. The van der Waals surface area contributed by atoms with E-state index in [4.69, 9.17) is 16.3 Å². The summed E-state index contributed by atoms with van der Waals surface area (Å²) in [7, 11) is 1.35. The van der Waals surface area contributed by atoms with Crippen LogP contribution in [-0.2, 0) is 9.53 Å². The molecule has 1 saturated heterocycles. The van der Waals surface area contributed by atoms with E-state index in [1.807, 2.05) is 47.4 Å². The third-order valence-electron chi connectivity index (χ3n) is 5.32. The van der Waals surface area contributed by atoms with Gasteiger partial charge in [0.15, 0.2) is 11.0 Å². The van der Waals surface area contributed by atoms with Crippen molar-refractivity contribution in [2.24, 2.45) is 0 Å². The number of benzene rings is 2. The minimum atomic E-state index is -0.361. The van der Waals surface area contributed by atoms with Gasteiger partial charge in [-0.2, -0.15) is 0 Å². The van der Waals surface area contributed by atoms with Crippen molar-refractivity contribution < 1.29 is 14.3 Å². The van der Waals surface area contributed by atoms with Crippen LogP contribution in [0.15, 0.2) is 54.6 Å². The second-order valence-electron chi connectivity index (χ2n) is 7.10. The summed E-state index contributed by atoms with van der Waals surface area (Å²) < 4.78 is 4.87. The van der Waals surface area contributed by atoms with E-state index in [2.05, 4.69) is 10.2 Å². The van der Waals surface area contributed by atoms with Crippen LogP contribution < -0.4 is 4.90 Å². The van der Waals surface area contributed by atoms with Gasteiger partial charge in [-0.05, 0) is 12.1 Å². The molecule has 0 N–H and O–H groups in total. The summed E-state index contributed by atoms with van der Waals surface area (Å²) in [6, 6.07) is 16.4. The summed E-state index contributed by atoms with van der Waals surface area (Å²) in [6.45, 7) is 1.46. The Morgan fingerprint density at radius 2 is 1.73 bits per heavy atom. The van der Waals surface area contributed by atoms with Crippen LogP contribution in [0, 0.1) is 0 Å². The average Bonchev–Trinajstić information content (AvgIpc) is 2.79. The Morgan fingerprint density at radius 3 is 2.47 bits per heavy atom. The normalized spacial score (nSPS) is 16.5. The van der Waals surface area contributed by atoms with Crippen LogP contribution in [0.25, 0.3) is 10.8 Å². The minimum absolute atomic E-state index is 0.101. The number of rotatable bonds is 4. The summed E-state index contributed by atoms with van der Waals surface area (Å²) in [5, 5.41) is 10.5. The minimum Gasteiger partial charge on any atom is -0.469 e. The molecule has 1 fully saturated rings. The van der Waals surface area contributed by atoms with Gasteiger partial charge in [-0.3, -0.25) is 9.59 Å². The maximum atomic E-state index is 13.1. The fourth-order valence-corrected chi connectivity index (χ4v) is 4.01. The van der Waals surface area contributed by atoms with Gasteiger partial charge in [-0.25, -0.2) is 0 Å². The van der Waals surface area contributed by atoms with E-state index in [0.717, 1.165) is 10.8 Å². The van der Waals surface area contributed by atoms with Gasteiger partial charge >= 0.3 is 5.97 Å². The Kier molecular flexibility index (Phi) is 5.81. The van der Waals surface area contributed by atoms with Gasteiger partial charge in [0.05, 0.1) is 19.6 Å². The monoisotopic (exact) mass is 424 g/mol. The number of piperazine rings is 1. The van der Waals surface area contributed by atoms with Crippen molar-refractivity contribution in [3.05, 3.63) is 65.3 Å². The number of hydrogen-bond acceptors (Lipinski definition) is 6. The molecule has 154 valence electrons. The highest BCUT2D eigenvalue weighted by molar-refractivity contribution is 6.34. The number of methoxy groups -OCH3 is 1. The van der Waals surface area contributed by atoms with Crippen molar-refractivity contribution >= 4 is 40.1 Å². The van der Waals surface area contributed by atoms with Crippen LogP contribution in [0.3, 0.4) is 0 Å². The Morgan fingerprint density at radius 1 is 1.03 bits per heavy atom. The van der Waals surface area contributed by atoms with E-state index in [0.29, 0.717) is 36.2 Å². The quantitative estimate of drug-likeness (QED) is 0.599. The summed E-state index contributed by atoms with van der Waals surface area (Å²) in [5.74, 6) is 0.229. The first kappa shape index (κ1) is 20.1. The largest absolute Gasteiger partial charge is 0.469 e. The van der Waals surface area contributed by atoms with Crippen LogP contribution >= 0.6 is 11.6 Å². The molecule has 1 atom stereocenters. The number of carbonyl (C=O) groups excluding carboxylic acids is 2. The Bertz CT molecular complexity index is 1080. The maximum absolute atomic E-state index is 13.1. The molecule has 0 aliphatic carbocycles. The third-order valence-corrected chi connectivity index (χ3v) is 5.60. The zero-order valence-electron chi connectivity index (χ0n) is 16.5. The maximum Gasteiger partial charge on any atom is 0.307 e. The van der Waals surface area contributed by atoms with E-state index < -0.39 is 0 Å². The van der Waals surface area contributed by atoms with Crippen molar-refractivity contribution in [2.45, 2.75) is 12.5 Å². The number of carbonyl (C=O) groups is 2. The van der Waals surface area contributed by atoms with E-state index in [9.17, 15) is 9.59 Å². The van der Waals surface area contributed by atoms with Crippen LogP contribution in [-0.4, -0.2) is 59.8 Å². The van der Waals surface area contributed by atoms with Gasteiger partial charge in [0, 0.05) is 36.0 Å². The molecule has 1 aliphatic rings. The highest BCUT2D eigenvalue weighted by atomic mass is 35.5. The lowest BCUT2D eigenvalue weighted by atomic mass is 10.1. The number of hydrogen-bond donors (Lipinski definition) is 0. The Labute approximate surface area is 179 Å². The molecule has 3 aromatic rings. The van der Waals surface area contributed by atoms with Crippen molar-refractivity contribution in [1.29, 1.82) is 0 Å². The fourth-order valence-electron chi connectivity index (χ4n) is 3.80. The summed E-state index contributed by atoms with van der Waals surface area (Å²) in [6.07, 6.45) is 0.102. The molecule has 0 saturated carbocycles. The summed E-state index contributed by atoms with van der Waals surface area (Å²) in [5.41, 5.74) is 0.595. The predicted octanol–water partition coefficient (Wildman–Crippen LogP) is 3.18. The molecule has 0 spiro atoms. The lowest BCUT2D eigenvalue weighted by Crippen LogP contribution is -2.56. The van der Waals surface area contributed by atoms with Gasteiger partial charge in [0.25, 0.3) is 5.91 Å². The van der Waals surface area contributed by atoms with Gasteiger partial charge < -0.3 is 14.5 Å². The number of ether oxygens (including phenoxy) is 1. The number of esters is 1. The van der Waals surface area contributed by atoms with Crippen LogP contribution in [0.2, 0.25) is 5.15 Å². The van der Waals surface area contributed by atoms with Gasteiger partial charge in [-0.1, -0.05) is 54.1 Å². The number of aromatic nitrogens is 2. The van der Waals surface area contributed by atoms with Crippen molar-refractivity contribution in [2.75, 3.05) is 31.6 Å². The molecule has 1 aliphatic heterocycles. The molecule has 7 nitrogen and oxygen atoms in total. The lowest BCUT2D eigenvalue weighted by molar-refractivity contribution is -0.141. The molecule has 1 aromatic heterocycles. The third kappa shape index (κ3) is 3.93. The molecule has 2 heterocycles. The SMILES string of the molecule is COC(=O)CC1CN(c2nnc(Cl)c3ccccc23)CCN1C(=O)c1ccccc1. The molecule has 1 amide bonds. The van der Waals surface area contributed by atoms with Crippen LogP contribution in [0.1, 0.15) is 16.8 Å². The second kappa shape index (κ2) is 8.67. The molecular weight excluding hydrogens is 404 g/mol. The first-order valence-electron chi connectivity index (χ1n) is 9.67. The first-order valence-corrected chi connectivity index (χ1v) is 10.0. The molecule has 0 bridgehead atoms. The standard InChI is InChI=1S/C22H21ClN4O3/c1-30-19(28)13-16-14-26(11-12-27(16)22(29)15-7-3-2-4-8-15)21-18-10-6-5-9-17(18)20(23)24-25-21/h2-10,16H,11-14H2,1H3. The summed E-state index contributed by atoms with van der Waals surface area (Å²) >= 11 is 6.21. The highest BCUT2D eigenvalue weighted by Gasteiger charge is 2.34.